The quantitative estimate of drug-likeness (QED) is 0.555. The number of rotatable bonds is 7. The minimum Gasteiger partial charge on any atom is -0.329 e. The lowest BCUT2D eigenvalue weighted by Crippen LogP contribution is -2.41. The number of nitrogens with two attached hydrogens (primary N) is 1. The molecule has 7 nitrogen and oxygen atoms in total. The number of nitro groups is 1. The van der Waals surface area contributed by atoms with Crippen LogP contribution < -0.4 is 10.5 Å². The summed E-state index contributed by atoms with van der Waals surface area (Å²) in [4.78, 5) is 9.94. The van der Waals surface area contributed by atoms with Gasteiger partial charge in [0.15, 0.2) is 4.90 Å². The predicted molar refractivity (Wildman–Crippen MR) is 83.4 cm³/mol. The molecule has 0 aromatic heterocycles. The zero-order chi connectivity index (χ0) is 16.2. The lowest BCUT2D eigenvalue weighted by Gasteiger charge is -2.18. The van der Waals surface area contributed by atoms with E-state index in [1.807, 2.05) is 13.8 Å². The zero-order valence-corrected chi connectivity index (χ0v) is 14.1. The molecule has 3 N–H and O–H groups in total. The summed E-state index contributed by atoms with van der Waals surface area (Å²) in [6, 6.07) is 3.35. The van der Waals surface area contributed by atoms with Crippen molar-refractivity contribution in [1.29, 1.82) is 0 Å². The standard InChI is InChI=1S/C12H18BrN3O4S/c1-8(2)5-10(7-14)15-21(19,20)12-4-3-9(13)6-11(12)16(17)18/h3-4,6,8,10,15H,5,7,14H2,1-2H3. The molecule has 1 atom stereocenters. The first kappa shape index (κ1) is 18.0. The molecule has 118 valence electrons. The van der Waals surface area contributed by atoms with Gasteiger partial charge in [0.1, 0.15) is 0 Å². The highest BCUT2D eigenvalue weighted by Crippen LogP contribution is 2.27. The van der Waals surface area contributed by atoms with Gasteiger partial charge >= 0.3 is 0 Å². The molecule has 0 bridgehead atoms. The molecular formula is C12H18BrN3O4S. The van der Waals surface area contributed by atoms with Crippen LogP contribution in [-0.2, 0) is 10.0 Å². The molecule has 0 fully saturated rings. The van der Waals surface area contributed by atoms with Crippen molar-refractivity contribution >= 4 is 31.6 Å². The van der Waals surface area contributed by atoms with Gasteiger partial charge in [0.25, 0.3) is 5.69 Å². The largest absolute Gasteiger partial charge is 0.329 e. The Bertz CT molecular complexity index is 619. The van der Waals surface area contributed by atoms with Crippen LogP contribution in [0.2, 0.25) is 0 Å². The van der Waals surface area contributed by atoms with Crippen molar-refractivity contribution in [3.05, 3.63) is 32.8 Å². The molecule has 1 rings (SSSR count). The second-order valence-electron chi connectivity index (χ2n) is 5.05. The van der Waals surface area contributed by atoms with Crippen molar-refractivity contribution in [3.63, 3.8) is 0 Å². The van der Waals surface area contributed by atoms with Gasteiger partial charge in [-0.2, -0.15) is 0 Å². The SMILES string of the molecule is CC(C)CC(CN)NS(=O)(=O)c1ccc(Br)cc1[N+](=O)[O-]. The highest BCUT2D eigenvalue weighted by atomic mass is 79.9. The summed E-state index contributed by atoms with van der Waals surface area (Å²) in [7, 11) is -4.00. The molecule has 0 amide bonds. The van der Waals surface area contributed by atoms with E-state index in [9.17, 15) is 18.5 Å². The number of benzene rings is 1. The maximum Gasteiger partial charge on any atom is 0.290 e. The Hall–Kier alpha value is -1.03. The maximum atomic E-state index is 12.3. The summed E-state index contributed by atoms with van der Waals surface area (Å²) >= 11 is 3.09. The van der Waals surface area contributed by atoms with Gasteiger partial charge in [-0.05, 0) is 24.5 Å². The van der Waals surface area contributed by atoms with E-state index < -0.39 is 26.7 Å². The second kappa shape index (κ2) is 7.30. The first-order chi connectivity index (χ1) is 9.67. The summed E-state index contributed by atoms with van der Waals surface area (Å²) in [5.74, 6) is 0.251. The average Bonchev–Trinajstić information content (AvgIpc) is 2.36. The Balaban J connectivity index is 3.16. The Morgan fingerprint density at radius 3 is 2.52 bits per heavy atom. The van der Waals surface area contributed by atoms with Gasteiger partial charge in [-0.25, -0.2) is 13.1 Å². The van der Waals surface area contributed by atoms with Crippen LogP contribution >= 0.6 is 15.9 Å². The van der Waals surface area contributed by atoms with Crippen LogP contribution in [-0.4, -0.2) is 25.9 Å². The van der Waals surface area contributed by atoms with Crippen LogP contribution in [0.5, 0.6) is 0 Å². The molecule has 0 saturated carbocycles. The van der Waals surface area contributed by atoms with Crippen LogP contribution in [0.15, 0.2) is 27.6 Å². The molecule has 21 heavy (non-hydrogen) atoms. The highest BCUT2D eigenvalue weighted by molar-refractivity contribution is 9.10. The minimum atomic E-state index is -4.00. The van der Waals surface area contributed by atoms with Crippen LogP contribution in [0.25, 0.3) is 0 Å². The molecule has 0 spiro atoms. The molecule has 0 aliphatic rings. The van der Waals surface area contributed by atoms with E-state index in [0.717, 1.165) is 6.07 Å². The number of nitrogens with one attached hydrogen (secondary N) is 1. The Morgan fingerprint density at radius 1 is 1.43 bits per heavy atom. The van der Waals surface area contributed by atoms with E-state index >= 15 is 0 Å². The van der Waals surface area contributed by atoms with Crippen molar-refractivity contribution in [3.8, 4) is 0 Å². The van der Waals surface area contributed by atoms with Crippen molar-refractivity contribution in [2.24, 2.45) is 11.7 Å². The average molecular weight is 380 g/mol. The van der Waals surface area contributed by atoms with Crippen LogP contribution in [0.4, 0.5) is 5.69 Å². The van der Waals surface area contributed by atoms with Crippen molar-refractivity contribution in [2.45, 2.75) is 31.2 Å². The summed E-state index contributed by atoms with van der Waals surface area (Å²) in [6.07, 6.45) is 0.556. The summed E-state index contributed by atoms with van der Waals surface area (Å²) in [6.45, 7) is 4.01. The minimum absolute atomic E-state index is 0.127. The topological polar surface area (TPSA) is 115 Å². The number of sulfonamides is 1. The van der Waals surface area contributed by atoms with Gasteiger partial charge in [0, 0.05) is 23.1 Å². The molecule has 1 aromatic rings. The third kappa shape index (κ3) is 5.03. The summed E-state index contributed by atoms with van der Waals surface area (Å²) in [5.41, 5.74) is 5.09. The van der Waals surface area contributed by atoms with E-state index in [2.05, 4.69) is 20.7 Å². The van der Waals surface area contributed by atoms with Gasteiger partial charge in [-0.15, -0.1) is 0 Å². The zero-order valence-electron chi connectivity index (χ0n) is 11.7. The number of halogens is 1. The number of hydrogen-bond acceptors (Lipinski definition) is 5. The Morgan fingerprint density at radius 2 is 2.05 bits per heavy atom. The molecule has 0 aliphatic heterocycles. The second-order valence-corrected chi connectivity index (χ2v) is 7.65. The van der Waals surface area contributed by atoms with Gasteiger partial charge in [-0.3, -0.25) is 10.1 Å². The van der Waals surface area contributed by atoms with Crippen LogP contribution in [0.1, 0.15) is 20.3 Å². The first-order valence-corrected chi connectivity index (χ1v) is 8.61. The maximum absolute atomic E-state index is 12.3. The smallest absolute Gasteiger partial charge is 0.290 e. The fourth-order valence-electron chi connectivity index (χ4n) is 1.90. The highest BCUT2D eigenvalue weighted by Gasteiger charge is 2.28. The predicted octanol–water partition coefficient (Wildman–Crippen LogP) is 2.01. The van der Waals surface area contributed by atoms with E-state index in [0.29, 0.717) is 10.9 Å². The molecule has 0 heterocycles. The fourth-order valence-corrected chi connectivity index (χ4v) is 3.67. The Labute approximate surface area is 132 Å². The summed E-state index contributed by atoms with van der Waals surface area (Å²) in [5, 5.41) is 11.0. The monoisotopic (exact) mass is 379 g/mol. The third-order valence-electron chi connectivity index (χ3n) is 2.77. The molecule has 0 saturated heterocycles. The van der Waals surface area contributed by atoms with Crippen LogP contribution in [0.3, 0.4) is 0 Å². The summed E-state index contributed by atoms with van der Waals surface area (Å²) < 4.78 is 27.5. The molecule has 1 unspecified atom stereocenters. The fraction of sp³-hybridized carbons (Fsp3) is 0.500. The van der Waals surface area contributed by atoms with E-state index in [1.165, 1.54) is 12.1 Å². The van der Waals surface area contributed by atoms with Crippen molar-refractivity contribution in [2.75, 3.05) is 6.54 Å². The molecule has 9 heteroatoms. The van der Waals surface area contributed by atoms with Crippen molar-refractivity contribution < 1.29 is 13.3 Å². The molecule has 1 aromatic carbocycles. The van der Waals surface area contributed by atoms with E-state index in [4.69, 9.17) is 5.73 Å². The van der Waals surface area contributed by atoms with Gasteiger partial charge < -0.3 is 5.73 Å². The number of nitrogens with zero attached hydrogens (tertiary/aromatic N) is 1. The molecular weight excluding hydrogens is 362 g/mol. The number of nitro benzene ring substituents is 1. The normalized spacial score (nSPS) is 13.4. The first-order valence-electron chi connectivity index (χ1n) is 6.33. The van der Waals surface area contributed by atoms with Gasteiger partial charge in [0.2, 0.25) is 10.0 Å². The molecule has 0 radical (unpaired) electrons. The lowest BCUT2D eigenvalue weighted by atomic mass is 10.1. The Kier molecular flexibility index (Phi) is 6.26. The molecule has 0 aliphatic carbocycles. The van der Waals surface area contributed by atoms with Gasteiger partial charge in [0.05, 0.1) is 4.92 Å². The van der Waals surface area contributed by atoms with Crippen LogP contribution in [0, 0.1) is 16.0 Å². The van der Waals surface area contributed by atoms with Crippen molar-refractivity contribution in [1.82, 2.24) is 4.72 Å². The van der Waals surface area contributed by atoms with E-state index in [1.54, 1.807) is 0 Å². The lowest BCUT2D eigenvalue weighted by molar-refractivity contribution is -0.387. The van der Waals surface area contributed by atoms with E-state index in [-0.39, 0.29) is 17.4 Å². The third-order valence-corrected chi connectivity index (χ3v) is 4.83. The number of hydrogen-bond donors (Lipinski definition) is 2. The van der Waals surface area contributed by atoms with Gasteiger partial charge in [-0.1, -0.05) is 29.8 Å².